The zero-order valence-corrected chi connectivity index (χ0v) is 6.51. The molecule has 0 aromatic rings. The molecule has 0 bridgehead atoms. The Morgan fingerprint density at radius 1 is 1.36 bits per heavy atom. The number of hydrogen-bond acceptors (Lipinski definition) is 2. The van der Waals surface area contributed by atoms with Crippen LogP contribution in [0.4, 0.5) is 9.18 Å². The summed E-state index contributed by atoms with van der Waals surface area (Å²) in [4.78, 5) is 9.80. The van der Waals surface area contributed by atoms with Crippen molar-refractivity contribution in [2.24, 2.45) is 5.92 Å². The lowest BCUT2D eigenvalue weighted by atomic mass is 9.90. The fraction of sp³-hybridized carbons (Fsp3) is 0.875. The topological polar surface area (TPSA) is 26.3 Å². The lowest BCUT2D eigenvalue weighted by Crippen LogP contribution is -2.14. The molecule has 1 rings (SSSR count). The molecular formula is C8H13FO2. The quantitative estimate of drug-likeness (QED) is 0.580. The molecular weight excluding hydrogens is 147 g/mol. The van der Waals surface area contributed by atoms with Gasteiger partial charge in [-0.3, -0.25) is 0 Å². The van der Waals surface area contributed by atoms with E-state index in [0.29, 0.717) is 5.92 Å². The van der Waals surface area contributed by atoms with Gasteiger partial charge in [0.05, 0.1) is 6.61 Å². The smallest absolute Gasteiger partial charge is 0.440 e. The summed E-state index contributed by atoms with van der Waals surface area (Å²) in [5.41, 5.74) is 0. The number of halogens is 1. The minimum Gasteiger partial charge on any atom is -0.440 e. The first-order valence-corrected chi connectivity index (χ1v) is 4.11. The van der Waals surface area contributed by atoms with Gasteiger partial charge in [-0.15, -0.1) is 4.39 Å². The van der Waals surface area contributed by atoms with Crippen LogP contribution in [0.2, 0.25) is 0 Å². The van der Waals surface area contributed by atoms with Crippen LogP contribution in [0.1, 0.15) is 32.1 Å². The van der Waals surface area contributed by atoms with E-state index in [1.54, 1.807) is 0 Å². The molecule has 1 aliphatic carbocycles. The van der Waals surface area contributed by atoms with Crippen LogP contribution in [0.3, 0.4) is 0 Å². The molecule has 3 heteroatoms. The average Bonchev–Trinajstić information content (AvgIpc) is 2.03. The van der Waals surface area contributed by atoms with E-state index < -0.39 is 6.22 Å². The molecule has 1 saturated carbocycles. The van der Waals surface area contributed by atoms with E-state index in [2.05, 4.69) is 4.74 Å². The summed E-state index contributed by atoms with van der Waals surface area (Å²) in [5.74, 6) is 0.406. The van der Waals surface area contributed by atoms with E-state index >= 15 is 0 Å². The van der Waals surface area contributed by atoms with Gasteiger partial charge in [0.1, 0.15) is 0 Å². The number of hydrogen-bond donors (Lipinski definition) is 0. The van der Waals surface area contributed by atoms with Crippen molar-refractivity contribution < 1.29 is 13.9 Å². The third-order valence-corrected chi connectivity index (χ3v) is 2.16. The second-order valence-electron chi connectivity index (χ2n) is 3.05. The zero-order chi connectivity index (χ0) is 8.10. The molecule has 0 heterocycles. The van der Waals surface area contributed by atoms with Gasteiger partial charge in [0.2, 0.25) is 0 Å². The molecule has 0 N–H and O–H groups in total. The molecule has 0 aliphatic heterocycles. The number of carbonyl (C=O) groups is 1. The van der Waals surface area contributed by atoms with Crippen LogP contribution in [0.5, 0.6) is 0 Å². The Balaban J connectivity index is 2.09. The fourth-order valence-corrected chi connectivity index (χ4v) is 1.54. The molecule has 0 saturated heterocycles. The monoisotopic (exact) mass is 160 g/mol. The Kier molecular flexibility index (Phi) is 3.33. The standard InChI is InChI=1S/C8H13FO2/c9-8(10)11-6-7-4-2-1-3-5-7/h7H,1-6H2. The normalized spacial score (nSPS) is 19.7. The minimum absolute atomic E-state index is 0.273. The van der Waals surface area contributed by atoms with Gasteiger partial charge < -0.3 is 4.74 Å². The molecule has 1 fully saturated rings. The molecule has 0 aromatic carbocycles. The molecule has 0 atom stereocenters. The highest BCUT2D eigenvalue weighted by Crippen LogP contribution is 2.23. The van der Waals surface area contributed by atoms with Gasteiger partial charge in [-0.05, 0) is 18.8 Å². The van der Waals surface area contributed by atoms with Gasteiger partial charge in [0, 0.05) is 0 Å². The van der Waals surface area contributed by atoms with E-state index in [1.807, 2.05) is 0 Å². The van der Waals surface area contributed by atoms with Crippen molar-refractivity contribution in [1.29, 1.82) is 0 Å². The SMILES string of the molecule is O=C(F)OCC1CCCCC1. The number of rotatable bonds is 2. The molecule has 0 amide bonds. The van der Waals surface area contributed by atoms with E-state index in [-0.39, 0.29) is 6.61 Å². The molecule has 0 aromatic heterocycles. The van der Waals surface area contributed by atoms with E-state index in [1.165, 1.54) is 19.3 Å². The van der Waals surface area contributed by atoms with Crippen molar-refractivity contribution in [3.05, 3.63) is 0 Å². The van der Waals surface area contributed by atoms with Crippen LogP contribution in [-0.4, -0.2) is 12.8 Å². The zero-order valence-electron chi connectivity index (χ0n) is 6.51. The van der Waals surface area contributed by atoms with Crippen LogP contribution < -0.4 is 0 Å². The number of carbonyl (C=O) groups excluding carboxylic acids is 1. The third kappa shape index (κ3) is 3.35. The van der Waals surface area contributed by atoms with Crippen molar-refractivity contribution in [3.8, 4) is 0 Å². The molecule has 0 spiro atoms. The summed E-state index contributed by atoms with van der Waals surface area (Å²) in [6.07, 6.45) is 4.15. The second kappa shape index (κ2) is 4.31. The Hall–Kier alpha value is -0.600. The maximum absolute atomic E-state index is 11.6. The fourth-order valence-electron chi connectivity index (χ4n) is 1.54. The van der Waals surface area contributed by atoms with E-state index in [4.69, 9.17) is 0 Å². The first-order valence-electron chi connectivity index (χ1n) is 4.11. The Labute approximate surface area is 65.7 Å². The summed E-state index contributed by atoms with van der Waals surface area (Å²) in [6.45, 7) is 0.273. The van der Waals surface area contributed by atoms with Crippen LogP contribution in [0.25, 0.3) is 0 Å². The van der Waals surface area contributed by atoms with Crippen molar-refractivity contribution >= 4 is 6.22 Å². The highest BCUT2D eigenvalue weighted by atomic mass is 19.1. The third-order valence-electron chi connectivity index (χ3n) is 2.16. The Morgan fingerprint density at radius 2 is 2.00 bits per heavy atom. The molecule has 2 nitrogen and oxygen atoms in total. The maximum Gasteiger partial charge on any atom is 0.495 e. The highest BCUT2D eigenvalue weighted by molar-refractivity contribution is 5.57. The summed E-state index contributed by atoms with van der Waals surface area (Å²) in [6, 6.07) is 0. The number of ether oxygens (including phenoxy) is 1. The molecule has 0 radical (unpaired) electrons. The summed E-state index contributed by atoms with van der Waals surface area (Å²) in [7, 11) is 0. The molecule has 0 unspecified atom stereocenters. The van der Waals surface area contributed by atoms with Gasteiger partial charge in [-0.1, -0.05) is 19.3 Å². The van der Waals surface area contributed by atoms with Gasteiger partial charge in [0.25, 0.3) is 0 Å². The lowest BCUT2D eigenvalue weighted by molar-refractivity contribution is 0.0946. The summed E-state index contributed by atoms with van der Waals surface area (Å²) < 4.78 is 15.9. The molecule has 64 valence electrons. The summed E-state index contributed by atoms with van der Waals surface area (Å²) in [5, 5.41) is 0. The highest BCUT2D eigenvalue weighted by Gasteiger charge is 2.14. The van der Waals surface area contributed by atoms with Crippen LogP contribution in [0, 0.1) is 5.92 Å². The van der Waals surface area contributed by atoms with Crippen molar-refractivity contribution in [2.75, 3.05) is 6.61 Å². The van der Waals surface area contributed by atoms with Gasteiger partial charge in [0.15, 0.2) is 0 Å². The van der Waals surface area contributed by atoms with E-state index in [0.717, 1.165) is 12.8 Å². The molecule has 11 heavy (non-hydrogen) atoms. The summed E-state index contributed by atoms with van der Waals surface area (Å²) >= 11 is 0. The maximum atomic E-state index is 11.6. The average molecular weight is 160 g/mol. The first-order chi connectivity index (χ1) is 5.29. The first kappa shape index (κ1) is 8.50. The van der Waals surface area contributed by atoms with E-state index in [9.17, 15) is 9.18 Å². The largest absolute Gasteiger partial charge is 0.495 e. The molecule has 1 aliphatic rings. The Bertz CT molecular complexity index is 130. The Morgan fingerprint density at radius 3 is 2.55 bits per heavy atom. The van der Waals surface area contributed by atoms with Crippen molar-refractivity contribution in [1.82, 2.24) is 0 Å². The minimum atomic E-state index is -1.64. The van der Waals surface area contributed by atoms with Gasteiger partial charge in [-0.2, -0.15) is 0 Å². The van der Waals surface area contributed by atoms with Crippen LogP contribution in [-0.2, 0) is 4.74 Å². The van der Waals surface area contributed by atoms with Crippen molar-refractivity contribution in [3.63, 3.8) is 0 Å². The van der Waals surface area contributed by atoms with Gasteiger partial charge in [-0.25, -0.2) is 4.79 Å². The lowest BCUT2D eigenvalue weighted by Gasteiger charge is -2.19. The predicted octanol–water partition coefficient (Wildman–Crippen LogP) is 2.67. The van der Waals surface area contributed by atoms with Crippen LogP contribution >= 0.6 is 0 Å². The van der Waals surface area contributed by atoms with Gasteiger partial charge >= 0.3 is 6.22 Å². The van der Waals surface area contributed by atoms with Crippen LogP contribution in [0.15, 0.2) is 0 Å². The predicted molar refractivity (Wildman–Crippen MR) is 39.0 cm³/mol. The van der Waals surface area contributed by atoms with Crippen molar-refractivity contribution in [2.45, 2.75) is 32.1 Å². The second-order valence-corrected chi connectivity index (χ2v) is 3.05.